The number of carbonyl (C=O) groups excluding carboxylic acids is 2. The quantitative estimate of drug-likeness (QED) is 0.436. The summed E-state index contributed by atoms with van der Waals surface area (Å²) in [5, 5.41) is 2.65. The SMILES string of the molecule is CCCCOC(=O)CNCC(=O)OCCOC. The van der Waals surface area contributed by atoms with Gasteiger partial charge >= 0.3 is 11.9 Å². The minimum Gasteiger partial charge on any atom is -0.465 e. The van der Waals surface area contributed by atoms with E-state index in [2.05, 4.69) is 5.32 Å². The number of rotatable bonds is 10. The van der Waals surface area contributed by atoms with Crippen LogP contribution in [0.1, 0.15) is 19.8 Å². The zero-order valence-electron chi connectivity index (χ0n) is 10.5. The van der Waals surface area contributed by atoms with E-state index < -0.39 is 5.97 Å². The molecule has 0 amide bonds. The van der Waals surface area contributed by atoms with E-state index in [4.69, 9.17) is 14.2 Å². The molecule has 17 heavy (non-hydrogen) atoms. The molecule has 0 aromatic heterocycles. The normalized spacial score (nSPS) is 10.0. The highest BCUT2D eigenvalue weighted by Crippen LogP contribution is 1.88. The molecular formula is C11H21NO5. The van der Waals surface area contributed by atoms with Crippen LogP contribution in [0, 0.1) is 0 Å². The fourth-order valence-electron chi connectivity index (χ4n) is 0.938. The van der Waals surface area contributed by atoms with E-state index in [0.29, 0.717) is 13.2 Å². The third kappa shape index (κ3) is 11.1. The molecule has 1 N–H and O–H groups in total. The van der Waals surface area contributed by atoms with Crippen LogP contribution in [0.5, 0.6) is 0 Å². The molecule has 0 heterocycles. The van der Waals surface area contributed by atoms with Crippen LogP contribution < -0.4 is 5.32 Å². The number of hydrogen-bond donors (Lipinski definition) is 1. The lowest BCUT2D eigenvalue weighted by Crippen LogP contribution is -2.31. The second kappa shape index (κ2) is 11.3. The topological polar surface area (TPSA) is 73.9 Å². The Labute approximate surface area is 102 Å². The molecule has 0 saturated carbocycles. The first kappa shape index (κ1) is 15.9. The van der Waals surface area contributed by atoms with Gasteiger partial charge in [-0.3, -0.25) is 14.9 Å². The molecular weight excluding hydrogens is 226 g/mol. The highest BCUT2D eigenvalue weighted by Gasteiger charge is 2.05. The van der Waals surface area contributed by atoms with Gasteiger partial charge in [-0.25, -0.2) is 0 Å². The summed E-state index contributed by atoms with van der Waals surface area (Å²) in [5.41, 5.74) is 0. The van der Waals surface area contributed by atoms with Gasteiger partial charge in [0.1, 0.15) is 6.61 Å². The van der Waals surface area contributed by atoms with Gasteiger partial charge in [0, 0.05) is 7.11 Å². The minimum absolute atomic E-state index is 0.00735. The fraction of sp³-hybridized carbons (Fsp3) is 0.818. The smallest absolute Gasteiger partial charge is 0.320 e. The van der Waals surface area contributed by atoms with Gasteiger partial charge in [-0.15, -0.1) is 0 Å². The first-order chi connectivity index (χ1) is 8.20. The average molecular weight is 247 g/mol. The van der Waals surface area contributed by atoms with Crippen LogP contribution in [0.2, 0.25) is 0 Å². The molecule has 6 heteroatoms. The molecule has 6 nitrogen and oxygen atoms in total. The Morgan fingerprint density at radius 1 is 1.00 bits per heavy atom. The Balaban J connectivity index is 3.36. The van der Waals surface area contributed by atoms with Crippen molar-refractivity contribution in [1.82, 2.24) is 5.32 Å². The summed E-state index contributed by atoms with van der Waals surface area (Å²) in [4.78, 5) is 22.2. The summed E-state index contributed by atoms with van der Waals surface area (Å²) in [5.74, 6) is -0.772. The van der Waals surface area contributed by atoms with E-state index in [1.165, 1.54) is 7.11 Å². The Kier molecular flexibility index (Phi) is 10.6. The van der Waals surface area contributed by atoms with Crippen molar-refractivity contribution in [1.29, 1.82) is 0 Å². The number of unbranched alkanes of at least 4 members (excludes halogenated alkanes) is 1. The fourth-order valence-corrected chi connectivity index (χ4v) is 0.938. The van der Waals surface area contributed by atoms with Crippen LogP contribution in [-0.2, 0) is 23.8 Å². The van der Waals surface area contributed by atoms with Crippen LogP contribution in [0.4, 0.5) is 0 Å². The summed E-state index contributed by atoms with van der Waals surface area (Å²) in [6.45, 7) is 3.04. The summed E-state index contributed by atoms with van der Waals surface area (Å²) in [6, 6.07) is 0. The van der Waals surface area contributed by atoms with Crippen LogP contribution >= 0.6 is 0 Å². The largest absolute Gasteiger partial charge is 0.465 e. The molecule has 0 aliphatic rings. The molecule has 0 unspecified atom stereocenters. The van der Waals surface area contributed by atoms with Gasteiger partial charge in [-0.1, -0.05) is 13.3 Å². The van der Waals surface area contributed by atoms with E-state index in [9.17, 15) is 9.59 Å². The Morgan fingerprint density at radius 2 is 1.59 bits per heavy atom. The third-order valence-corrected chi connectivity index (χ3v) is 1.85. The van der Waals surface area contributed by atoms with Gasteiger partial charge in [-0.2, -0.15) is 0 Å². The van der Waals surface area contributed by atoms with Crippen molar-refractivity contribution in [2.24, 2.45) is 0 Å². The van der Waals surface area contributed by atoms with Crippen molar-refractivity contribution >= 4 is 11.9 Å². The lowest BCUT2D eigenvalue weighted by atomic mass is 10.4. The number of nitrogens with one attached hydrogen (secondary N) is 1. The van der Waals surface area contributed by atoms with E-state index in [-0.39, 0.29) is 25.7 Å². The van der Waals surface area contributed by atoms with Crippen molar-refractivity contribution < 1.29 is 23.8 Å². The van der Waals surface area contributed by atoms with Crippen LogP contribution in [-0.4, -0.2) is 52.0 Å². The molecule has 0 aliphatic heterocycles. The molecule has 0 aliphatic carbocycles. The molecule has 100 valence electrons. The van der Waals surface area contributed by atoms with Crippen LogP contribution in [0.3, 0.4) is 0 Å². The molecule has 0 aromatic rings. The van der Waals surface area contributed by atoms with Gasteiger partial charge in [0.25, 0.3) is 0 Å². The maximum absolute atomic E-state index is 11.1. The number of ether oxygens (including phenoxy) is 3. The zero-order valence-corrected chi connectivity index (χ0v) is 10.5. The van der Waals surface area contributed by atoms with Crippen molar-refractivity contribution in [2.75, 3.05) is 40.0 Å². The first-order valence-electron chi connectivity index (χ1n) is 5.71. The monoisotopic (exact) mass is 247 g/mol. The van der Waals surface area contributed by atoms with Gasteiger partial charge in [-0.05, 0) is 6.42 Å². The highest BCUT2D eigenvalue weighted by molar-refractivity contribution is 5.74. The lowest BCUT2D eigenvalue weighted by Gasteiger charge is -2.06. The number of hydrogen-bond acceptors (Lipinski definition) is 6. The van der Waals surface area contributed by atoms with E-state index in [1.807, 2.05) is 6.92 Å². The average Bonchev–Trinajstić information content (AvgIpc) is 2.30. The third-order valence-electron chi connectivity index (χ3n) is 1.85. The minimum atomic E-state index is -0.414. The second-order valence-electron chi connectivity index (χ2n) is 3.39. The molecule has 0 rings (SSSR count). The molecule has 0 radical (unpaired) electrons. The van der Waals surface area contributed by atoms with Crippen LogP contribution in [0.15, 0.2) is 0 Å². The molecule has 0 spiro atoms. The Morgan fingerprint density at radius 3 is 2.12 bits per heavy atom. The molecule has 0 fully saturated rings. The summed E-state index contributed by atoms with van der Waals surface area (Å²) in [6.07, 6.45) is 1.83. The van der Waals surface area contributed by atoms with Gasteiger partial charge in [0.2, 0.25) is 0 Å². The molecule has 0 bridgehead atoms. The Bertz CT molecular complexity index is 198. The van der Waals surface area contributed by atoms with Crippen molar-refractivity contribution in [3.05, 3.63) is 0 Å². The van der Waals surface area contributed by atoms with E-state index in [1.54, 1.807) is 0 Å². The second-order valence-corrected chi connectivity index (χ2v) is 3.39. The standard InChI is InChI=1S/C11H21NO5/c1-3-4-5-16-10(13)8-12-9-11(14)17-7-6-15-2/h12H,3-9H2,1-2H3. The summed E-state index contributed by atoms with van der Waals surface area (Å²) >= 11 is 0. The predicted octanol–water partition coefficient (Wildman–Crippen LogP) is 0.109. The van der Waals surface area contributed by atoms with Crippen molar-refractivity contribution in [2.45, 2.75) is 19.8 Å². The van der Waals surface area contributed by atoms with Gasteiger partial charge in [0.05, 0.1) is 26.3 Å². The highest BCUT2D eigenvalue weighted by atomic mass is 16.6. The lowest BCUT2D eigenvalue weighted by molar-refractivity contribution is -0.144. The molecule has 0 saturated heterocycles. The van der Waals surface area contributed by atoms with Gasteiger partial charge in [0.15, 0.2) is 0 Å². The predicted molar refractivity (Wildman–Crippen MR) is 61.6 cm³/mol. The van der Waals surface area contributed by atoms with Gasteiger partial charge < -0.3 is 14.2 Å². The number of methoxy groups -OCH3 is 1. The van der Waals surface area contributed by atoms with Crippen LogP contribution in [0.25, 0.3) is 0 Å². The molecule has 0 aromatic carbocycles. The zero-order chi connectivity index (χ0) is 12.9. The summed E-state index contributed by atoms with van der Waals surface area (Å²) in [7, 11) is 1.53. The van der Waals surface area contributed by atoms with Crippen molar-refractivity contribution in [3.63, 3.8) is 0 Å². The summed E-state index contributed by atoms with van der Waals surface area (Å²) < 4.78 is 14.4. The van der Waals surface area contributed by atoms with Crippen molar-refractivity contribution in [3.8, 4) is 0 Å². The van der Waals surface area contributed by atoms with E-state index >= 15 is 0 Å². The molecule has 0 atom stereocenters. The number of esters is 2. The maximum atomic E-state index is 11.1. The maximum Gasteiger partial charge on any atom is 0.320 e. The first-order valence-corrected chi connectivity index (χ1v) is 5.71. The Hall–Kier alpha value is -1.14. The van der Waals surface area contributed by atoms with E-state index in [0.717, 1.165) is 12.8 Å². The number of carbonyl (C=O) groups is 2.